The van der Waals surface area contributed by atoms with E-state index in [0.29, 0.717) is 0 Å². The van der Waals surface area contributed by atoms with Crippen LogP contribution in [-0.2, 0) is 0 Å². The SMILES string of the molecule is CCC(NC(=O)c1ccccc1I)c1ccc(C)cc1. The van der Waals surface area contributed by atoms with Gasteiger partial charge in [-0.05, 0) is 53.6 Å². The van der Waals surface area contributed by atoms with Crippen LogP contribution in [0.15, 0.2) is 48.5 Å². The van der Waals surface area contributed by atoms with E-state index < -0.39 is 0 Å². The molecule has 2 rings (SSSR count). The van der Waals surface area contributed by atoms with Crippen molar-refractivity contribution < 1.29 is 4.79 Å². The van der Waals surface area contributed by atoms with Crippen LogP contribution in [0.25, 0.3) is 0 Å². The number of rotatable bonds is 4. The van der Waals surface area contributed by atoms with Crippen molar-refractivity contribution in [3.05, 3.63) is 68.8 Å². The lowest BCUT2D eigenvalue weighted by molar-refractivity contribution is 0.0934. The molecule has 2 nitrogen and oxygen atoms in total. The quantitative estimate of drug-likeness (QED) is 0.780. The van der Waals surface area contributed by atoms with Crippen LogP contribution in [-0.4, -0.2) is 5.91 Å². The van der Waals surface area contributed by atoms with Gasteiger partial charge in [-0.2, -0.15) is 0 Å². The number of amides is 1. The Balaban J connectivity index is 2.16. The van der Waals surface area contributed by atoms with Crippen molar-refractivity contribution in [2.45, 2.75) is 26.3 Å². The Labute approximate surface area is 133 Å². The second kappa shape index (κ2) is 6.88. The minimum Gasteiger partial charge on any atom is -0.345 e. The second-order valence-electron chi connectivity index (χ2n) is 4.82. The van der Waals surface area contributed by atoms with Gasteiger partial charge in [0.1, 0.15) is 0 Å². The highest BCUT2D eigenvalue weighted by Gasteiger charge is 2.15. The van der Waals surface area contributed by atoms with Gasteiger partial charge in [0, 0.05) is 3.57 Å². The fourth-order valence-electron chi connectivity index (χ4n) is 2.10. The standard InChI is InChI=1S/C17H18INO/c1-3-16(13-10-8-12(2)9-11-13)19-17(20)14-6-4-5-7-15(14)18/h4-11,16H,3H2,1-2H3,(H,19,20). The highest BCUT2D eigenvalue weighted by atomic mass is 127. The molecular formula is C17H18INO. The zero-order chi connectivity index (χ0) is 14.5. The summed E-state index contributed by atoms with van der Waals surface area (Å²) in [5.74, 6) is -0.0116. The van der Waals surface area contributed by atoms with Crippen molar-refractivity contribution in [2.24, 2.45) is 0 Å². The Hall–Kier alpha value is -1.36. The lowest BCUT2D eigenvalue weighted by Crippen LogP contribution is -2.28. The van der Waals surface area contributed by atoms with E-state index in [-0.39, 0.29) is 11.9 Å². The molecule has 2 aromatic rings. The van der Waals surface area contributed by atoms with Crippen molar-refractivity contribution in [3.8, 4) is 0 Å². The molecular weight excluding hydrogens is 361 g/mol. The van der Waals surface area contributed by atoms with E-state index in [2.05, 4.69) is 66.0 Å². The molecule has 0 radical (unpaired) electrons. The molecule has 0 fully saturated rings. The van der Waals surface area contributed by atoms with Gasteiger partial charge in [-0.3, -0.25) is 4.79 Å². The largest absolute Gasteiger partial charge is 0.345 e. The Morgan fingerprint density at radius 2 is 1.80 bits per heavy atom. The molecule has 104 valence electrons. The predicted octanol–water partition coefficient (Wildman–Crippen LogP) is 4.48. The van der Waals surface area contributed by atoms with Crippen LogP contribution >= 0.6 is 22.6 Å². The summed E-state index contributed by atoms with van der Waals surface area (Å²) in [7, 11) is 0. The van der Waals surface area contributed by atoms with E-state index >= 15 is 0 Å². The molecule has 0 saturated heterocycles. The fourth-order valence-corrected chi connectivity index (χ4v) is 2.73. The van der Waals surface area contributed by atoms with Gasteiger partial charge < -0.3 is 5.32 Å². The molecule has 1 N–H and O–H groups in total. The summed E-state index contributed by atoms with van der Waals surface area (Å²) in [5.41, 5.74) is 3.11. The molecule has 0 heterocycles. The summed E-state index contributed by atoms with van der Waals surface area (Å²) < 4.78 is 0.973. The number of hydrogen-bond acceptors (Lipinski definition) is 1. The molecule has 2 aromatic carbocycles. The Bertz CT molecular complexity index is 592. The second-order valence-corrected chi connectivity index (χ2v) is 5.99. The Morgan fingerprint density at radius 1 is 1.15 bits per heavy atom. The first-order valence-corrected chi connectivity index (χ1v) is 7.81. The number of nitrogens with one attached hydrogen (secondary N) is 1. The lowest BCUT2D eigenvalue weighted by Gasteiger charge is -2.18. The number of carbonyl (C=O) groups is 1. The zero-order valence-electron chi connectivity index (χ0n) is 11.7. The first kappa shape index (κ1) is 15.0. The fraction of sp³-hybridized carbons (Fsp3) is 0.235. The van der Waals surface area contributed by atoms with Crippen LogP contribution in [0.5, 0.6) is 0 Å². The number of carbonyl (C=O) groups excluding carboxylic acids is 1. The summed E-state index contributed by atoms with van der Waals surface area (Å²) in [4.78, 5) is 12.4. The third-order valence-corrected chi connectivity index (χ3v) is 4.25. The van der Waals surface area contributed by atoms with Gasteiger partial charge in [-0.25, -0.2) is 0 Å². The van der Waals surface area contributed by atoms with E-state index in [4.69, 9.17) is 0 Å². The van der Waals surface area contributed by atoms with Crippen molar-refractivity contribution >= 4 is 28.5 Å². The van der Waals surface area contributed by atoms with Crippen LogP contribution in [0.2, 0.25) is 0 Å². The molecule has 20 heavy (non-hydrogen) atoms. The minimum absolute atomic E-state index is 0.0116. The molecule has 1 unspecified atom stereocenters. The van der Waals surface area contributed by atoms with Crippen molar-refractivity contribution in [2.75, 3.05) is 0 Å². The summed E-state index contributed by atoms with van der Waals surface area (Å²) in [5, 5.41) is 3.12. The maximum Gasteiger partial charge on any atom is 0.252 e. The van der Waals surface area contributed by atoms with Gasteiger partial charge in [0.05, 0.1) is 11.6 Å². The van der Waals surface area contributed by atoms with Crippen LogP contribution in [0.1, 0.15) is 40.9 Å². The topological polar surface area (TPSA) is 29.1 Å². The van der Waals surface area contributed by atoms with Gasteiger partial charge in [0.25, 0.3) is 5.91 Å². The summed E-state index contributed by atoms with van der Waals surface area (Å²) >= 11 is 2.19. The highest BCUT2D eigenvalue weighted by molar-refractivity contribution is 14.1. The lowest BCUT2D eigenvalue weighted by atomic mass is 10.0. The minimum atomic E-state index is -0.0116. The molecule has 3 heteroatoms. The molecule has 0 aromatic heterocycles. The van der Waals surface area contributed by atoms with E-state index in [1.807, 2.05) is 24.3 Å². The zero-order valence-corrected chi connectivity index (χ0v) is 13.8. The van der Waals surface area contributed by atoms with Gasteiger partial charge in [-0.1, -0.05) is 48.9 Å². The summed E-state index contributed by atoms with van der Waals surface area (Å²) in [6.45, 7) is 4.15. The van der Waals surface area contributed by atoms with Crippen LogP contribution in [0, 0.1) is 10.5 Å². The van der Waals surface area contributed by atoms with Gasteiger partial charge in [0.15, 0.2) is 0 Å². The van der Waals surface area contributed by atoms with E-state index in [9.17, 15) is 4.79 Å². The molecule has 0 aliphatic heterocycles. The third kappa shape index (κ3) is 3.60. The molecule has 0 aliphatic carbocycles. The van der Waals surface area contributed by atoms with Gasteiger partial charge in [0.2, 0.25) is 0 Å². The Kier molecular flexibility index (Phi) is 5.17. The average Bonchev–Trinajstić information content (AvgIpc) is 2.46. The molecule has 0 spiro atoms. The van der Waals surface area contributed by atoms with E-state index in [1.165, 1.54) is 5.56 Å². The molecule has 0 bridgehead atoms. The smallest absolute Gasteiger partial charge is 0.252 e. The van der Waals surface area contributed by atoms with Crippen molar-refractivity contribution in [3.63, 3.8) is 0 Å². The molecule has 0 saturated carbocycles. The maximum absolute atomic E-state index is 12.4. The van der Waals surface area contributed by atoms with Crippen LogP contribution in [0.4, 0.5) is 0 Å². The van der Waals surface area contributed by atoms with E-state index in [0.717, 1.165) is 21.1 Å². The number of benzene rings is 2. The van der Waals surface area contributed by atoms with E-state index in [1.54, 1.807) is 0 Å². The Morgan fingerprint density at radius 3 is 2.40 bits per heavy atom. The monoisotopic (exact) mass is 379 g/mol. The highest BCUT2D eigenvalue weighted by Crippen LogP contribution is 2.19. The molecule has 1 atom stereocenters. The number of hydrogen-bond donors (Lipinski definition) is 1. The van der Waals surface area contributed by atoms with Crippen molar-refractivity contribution in [1.82, 2.24) is 5.32 Å². The third-order valence-electron chi connectivity index (χ3n) is 3.31. The first-order chi connectivity index (χ1) is 9.61. The van der Waals surface area contributed by atoms with Crippen LogP contribution in [0.3, 0.4) is 0 Å². The maximum atomic E-state index is 12.4. The molecule has 1 amide bonds. The average molecular weight is 379 g/mol. The normalized spacial score (nSPS) is 11.9. The van der Waals surface area contributed by atoms with Crippen LogP contribution < -0.4 is 5.32 Å². The molecule has 0 aliphatic rings. The summed E-state index contributed by atoms with van der Waals surface area (Å²) in [6.07, 6.45) is 0.873. The number of halogens is 1. The summed E-state index contributed by atoms with van der Waals surface area (Å²) in [6, 6.07) is 16.0. The van der Waals surface area contributed by atoms with Gasteiger partial charge in [-0.15, -0.1) is 0 Å². The predicted molar refractivity (Wildman–Crippen MR) is 90.8 cm³/mol. The number of aryl methyl sites for hydroxylation is 1. The van der Waals surface area contributed by atoms with Crippen molar-refractivity contribution in [1.29, 1.82) is 0 Å². The first-order valence-electron chi connectivity index (χ1n) is 6.73. The van der Waals surface area contributed by atoms with Gasteiger partial charge >= 0.3 is 0 Å².